The van der Waals surface area contributed by atoms with Crippen LogP contribution in [0.2, 0.25) is 5.15 Å². The Hall–Kier alpha value is -1.13. The predicted molar refractivity (Wildman–Crippen MR) is 69.8 cm³/mol. The van der Waals surface area contributed by atoms with Crippen LogP contribution in [0.5, 0.6) is 0 Å². The van der Waals surface area contributed by atoms with Gasteiger partial charge in [0.1, 0.15) is 5.15 Å². The van der Waals surface area contributed by atoms with Crippen LogP contribution in [0.15, 0.2) is 12.1 Å². The molecule has 1 aliphatic heterocycles. The number of hydrogen-bond donors (Lipinski definition) is 1. The molecule has 2 rings (SSSR count). The number of halogens is 1. The minimum Gasteiger partial charge on any atom is -0.396 e. The highest BCUT2D eigenvalue weighted by molar-refractivity contribution is 6.29. The molecule has 4 nitrogen and oxygen atoms in total. The summed E-state index contributed by atoms with van der Waals surface area (Å²) >= 11 is 5.94. The third-order valence-electron chi connectivity index (χ3n) is 3.15. The zero-order valence-corrected chi connectivity index (χ0v) is 11.3. The van der Waals surface area contributed by atoms with E-state index < -0.39 is 0 Å². The van der Waals surface area contributed by atoms with E-state index >= 15 is 0 Å². The number of carbonyl (C=O) groups is 1. The van der Waals surface area contributed by atoms with Crippen molar-refractivity contribution in [3.05, 3.63) is 28.5 Å². The number of rotatable bonds is 3. The standard InChI is InChI=1S/C13H17ClN2O2/c1-8(2)11-3-10(4-12(14)15-11)13(18)16-5-9(6-16)7-17/h3-4,8-9,17H,5-7H2,1-2H3. The number of aromatic nitrogens is 1. The van der Waals surface area contributed by atoms with E-state index in [4.69, 9.17) is 16.7 Å². The van der Waals surface area contributed by atoms with E-state index in [-0.39, 0.29) is 24.3 Å². The summed E-state index contributed by atoms with van der Waals surface area (Å²) in [5.74, 6) is 0.415. The van der Waals surface area contributed by atoms with Crippen LogP contribution in [0.1, 0.15) is 35.8 Å². The molecule has 0 bridgehead atoms. The average molecular weight is 269 g/mol. The quantitative estimate of drug-likeness (QED) is 0.852. The van der Waals surface area contributed by atoms with E-state index in [9.17, 15) is 4.79 Å². The number of aliphatic hydroxyl groups is 1. The summed E-state index contributed by atoms with van der Waals surface area (Å²) in [5.41, 5.74) is 1.40. The average Bonchev–Trinajstić information content (AvgIpc) is 2.26. The summed E-state index contributed by atoms with van der Waals surface area (Å²) < 4.78 is 0. The van der Waals surface area contributed by atoms with E-state index in [1.54, 1.807) is 17.0 Å². The van der Waals surface area contributed by atoms with E-state index in [2.05, 4.69) is 4.98 Å². The maximum atomic E-state index is 12.2. The van der Waals surface area contributed by atoms with Gasteiger partial charge in [0.25, 0.3) is 5.91 Å². The Morgan fingerprint density at radius 1 is 1.56 bits per heavy atom. The second kappa shape index (κ2) is 5.24. The first kappa shape index (κ1) is 13.3. The third-order valence-corrected chi connectivity index (χ3v) is 3.35. The lowest BCUT2D eigenvalue weighted by molar-refractivity contribution is 0.0362. The van der Waals surface area contributed by atoms with Gasteiger partial charge in [-0.25, -0.2) is 4.98 Å². The Bertz CT molecular complexity index is 456. The summed E-state index contributed by atoms with van der Waals surface area (Å²) in [4.78, 5) is 18.1. The number of pyridine rings is 1. The Kier molecular flexibility index (Phi) is 3.88. The van der Waals surface area contributed by atoms with E-state index in [0.717, 1.165) is 5.69 Å². The third kappa shape index (κ3) is 2.65. The number of aliphatic hydroxyl groups excluding tert-OH is 1. The summed E-state index contributed by atoms with van der Waals surface area (Å²) in [5, 5.41) is 9.30. The number of likely N-dealkylation sites (tertiary alicyclic amines) is 1. The van der Waals surface area contributed by atoms with Crippen molar-refractivity contribution in [2.24, 2.45) is 5.92 Å². The fourth-order valence-corrected chi connectivity index (χ4v) is 2.19. The number of carbonyl (C=O) groups excluding carboxylic acids is 1. The Morgan fingerprint density at radius 2 is 2.22 bits per heavy atom. The zero-order valence-electron chi connectivity index (χ0n) is 10.6. The van der Waals surface area contributed by atoms with Crippen molar-refractivity contribution in [2.75, 3.05) is 19.7 Å². The van der Waals surface area contributed by atoms with Crippen LogP contribution in [0.25, 0.3) is 0 Å². The molecule has 0 aliphatic carbocycles. The van der Waals surface area contributed by atoms with Crippen molar-refractivity contribution in [3.8, 4) is 0 Å². The van der Waals surface area contributed by atoms with Crippen LogP contribution in [-0.2, 0) is 0 Å². The fraction of sp³-hybridized carbons (Fsp3) is 0.538. The van der Waals surface area contributed by atoms with Gasteiger partial charge in [-0.15, -0.1) is 0 Å². The second-order valence-electron chi connectivity index (χ2n) is 5.02. The monoisotopic (exact) mass is 268 g/mol. The number of nitrogens with zero attached hydrogens (tertiary/aromatic N) is 2. The molecule has 0 unspecified atom stereocenters. The van der Waals surface area contributed by atoms with E-state index in [1.165, 1.54) is 0 Å². The minimum absolute atomic E-state index is 0.0362. The van der Waals surface area contributed by atoms with Crippen LogP contribution in [0.4, 0.5) is 0 Å². The molecule has 98 valence electrons. The Morgan fingerprint density at radius 3 is 2.78 bits per heavy atom. The number of hydrogen-bond acceptors (Lipinski definition) is 3. The topological polar surface area (TPSA) is 53.4 Å². The summed E-state index contributed by atoms with van der Waals surface area (Å²) in [6.45, 7) is 5.40. The van der Waals surface area contributed by atoms with Crippen LogP contribution >= 0.6 is 11.6 Å². The van der Waals surface area contributed by atoms with E-state index in [1.807, 2.05) is 13.8 Å². The highest BCUT2D eigenvalue weighted by Crippen LogP contribution is 2.22. The van der Waals surface area contributed by atoms with Gasteiger partial charge in [-0.1, -0.05) is 25.4 Å². The molecule has 0 radical (unpaired) electrons. The van der Waals surface area contributed by atoms with Crippen LogP contribution in [0, 0.1) is 5.92 Å². The molecule has 1 amide bonds. The Labute approximate surface area is 112 Å². The van der Waals surface area contributed by atoms with Crippen molar-refractivity contribution in [2.45, 2.75) is 19.8 Å². The van der Waals surface area contributed by atoms with Crippen LogP contribution < -0.4 is 0 Å². The maximum absolute atomic E-state index is 12.2. The molecule has 5 heteroatoms. The summed E-state index contributed by atoms with van der Waals surface area (Å²) in [6, 6.07) is 3.40. The smallest absolute Gasteiger partial charge is 0.254 e. The largest absolute Gasteiger partial charge is 0.396 e. The van der Waals surface area contributed by atoms with Crippen molar-refractivity contribution in [3.63, 3.8) is 0 Å². The summed E-state index contributed by atoms with van der Waals surface area (Å²) in [7, 11) is 0. The van der Waals surface area contributed by atoms with Crippen molar-refractivity contribution in [1.82, 2.24) is 9.88 Å². The lowest BCUT2D eigenvalue weighted by Crippen LogP contribution is -2.51. The molecule has 0 aromatic carbocycles. The first-order valence-corrected chi connectivity index (χ1v) is 6.46. The highest BCUT2D eigenvalue weighted by Gasteiger charge is 2.30. The first-order valence-electron chi connectivity index (χ1n) is 6.09. The fourth-order valence-electron chi connectivity index (χ4n) is 1.97. The van der Waals surface area contributed by atoms with Gasteiger partial charge in [-0.2, -0.15) is 0 Å². The van der Waals surface area contributed by atoms with Gasteiger partial charge < -0.3 is 10.0 Å². The molecule has 1 saturated heterocycles. The molecule has 2 heterocycles. The second-order valence-corrected chi connectivity index (χ2v) is 5.40. The first-order chi connectivity index (χ1) is 8.51. The molecule has 0 saturated carbocycles. The molecule has 1 fully saturated rings. The lowest BCUT2D eigenvalue weighted by Gasteiger charge is -2.38. The van der Waals surface area contributed by atoms with Gasteiger partial charge in [0.05, 0.1) is 0 Å². The van der Waals surface area contributed by atoms with E-state index in [0.29, 0.717) is 23.8 Å². The SMILES string of the molecule is CC(C)c1cc(C(=O)N2CC(CO)C2)cc(Cl)n1. The molecule has 1 aromatic heterocycles. The lowest BCUT2D eigenvalue weighted by atomic mass is 9.99. The van der Waals surface area contributed by atoms with Gasteiger partial charge >= 0.3 is 0 Å². The van der Waals surface area contributed by atoms with Crippen molar-refractivity contribution < 1.29 is 9.90 Å². The molecular weight excluding hydrogens is 252 g/mol. The summed E-state index contributed by atoms with van der Waals surface area (Å²) in [6.07, 6.45) is 0. The van der Waals surface area contributed by atoms with Crippen molar-refractivity contribution >= 4 is 17.5 Å². The van der Waals surface area contributed by atoms with Gasteiger partial charge in [0.2, 0.25) is 0 Å². The normalized spacial score (nSPS) is 15.9. The zero-order chi connectivity index (χ0) is 13.3. The Balaban J connectivity index is 2.15. The van der Waals surface area contributed by atoms with Crippen LogP contribution in [-0.4, -0.2) is 40.6 Å². The molecule has 0 atom stereocenters. The maximum Gasteiger partial charge on any atom is 0.254 e. The van der Waals surface area contributed by atoms with Gasteiger partial charge in [-0.05, 0) is 18.1 Å². The molecule has 1 aliphatic rings. The highest BCUT2D eigenvalue weighted by atomic mass is 35.5. The predicted octanol–water partition coefficient (Wildman–Crippen LogP) is 1.92. The van der Waals surface area contributed by atoms with Gasteiger partial charge in [0.15, 0.2) is 0 Å². The van der Waals surface area contributed by atoms with Gasteiger partial charge in [-0.3, -0.25) is 4.79 Å². The van der Waals surface area contributed by atoms with Gasteiger partial charge in [0, 0.05) is 36.9 Å². The molecule has 1 N–H and O–H groups in total. The molecule has 1 aromatic rings. The molecule has 0 spiro atoms. The van der Waals surface area contributed by atoms with Crippen LogP contribution in [0.3, 0.4) is 0 Å². The molecular formula is C13H17ClN2O2. The molecule has 18 heavy (non-hydrogen) atoms. The van der Waals surface area contributed by atoms with Crippen molar-refractivity contribution in [1.29, 1.82) is 0 Å². The number of amides is 1. The minimum atomic E-state index is -0.0362.